The molecule has 0 unspecified atom stereocenters. The first-order chi connectivity index (χ1) is 14.2. The Morgan fingerprint density at radius 1 is 0.897 bits per heavy atom. The van der Waals surface area contributed by atoms with Crippen LogP contribution in [0.15, 0.2) is 72.8 Å². The number of methoxy groups -OCH3 is 1. The third kappa shape index (κ3) is 4.82. The Morgan fingerprint density at radius 3 is 2.21 bits per heavy atom. The maximum absolute atomic E-state index is 12.6. The van der Waals surface area contributed by atoms with Crippen LogP contribution in [0.1, 0.15) is 35.6 Å². The maximum Gasteiger partial charge on any atom is 0.228 e. The Kier molecular flexibility index (Phi) is 6.63. The number of ether oxygens (including phenoxy) is 2. The van der Waals surface area contributed by atoms with Gasteiger partial charge in [-0.25, -0.2) is 4.98 Å². The van der Waals surface area contributed by atoms with E-state index in [0.717, 1.165) is 22.3 Å². The molecule has 5 nitrogen and oxygen atoms in total. The molecular formula is C24H24N2O3. The molecule has 0 fully saturated rings. The van der Waals surface area contributed by atoms with Crippen LogP contribution in [0.2, 0.25) is 0 Å². The van der Waals surface area contributed by atoms with E-state index in [1.54, 1.807) is 31.4 Å². The van der Waals surface area contributed by atoms with Crippen LogP contribution in [0.3, 0.4) is 0 Å². The minimum absolute atomic E-state index is 0.145. The van der Waals surface area contributed by atoms with Crippen LogP contribution < -0.4 is 9.47 Å². The molecule has 148 valence electrons. The number of fused-ring (bicyclic) bond motifs is 1. The minimum Gasteiger partial charge on any atom is -0.497 e. The number of nitrogens with zero attached hydrogens (tertiary/aromatic N) is 1. The van der Waals surface area contributed by atoms with Crippen molar-refractivity contribution in [2.75, 3.05) is 7.11 Å². The molecule has 29 heavy (non-hydrogen) atoms. The van der Waals surface area contributed by atoms with E-state index in [2.05, 4.69) is 9.97 Å². The average Bonchev–Trinajstić information content (AvgIpc) is 3.23. The molecule has 0 amide bonds. The molecular weight excluding hydrogens is 364 g/mol. The van der Waals surface area contributed by atoms with Gasteiger partial charge in [-0.1, -0.05) is 38.1 Å². The zero-order valence-corrected chi connectivity index (χ0v) is 16.8. The van der Waals surface area contributed by atoms with Gasteiger partial charge in [0, 0.05) is 5.56 Å². The van der Waals surface area contributed by atoms with Crippen molar-refractivity contribution in [2.45, 2.75) is 20.5 Å². The van der Waals surface area contributed by atoms with Crippen LogP contribution in [0.4, 0.5) is 0 Å². The van der Waals surface area contributed by atoms with Crippen molar-refractivity contribution in [1.82, 2.24) is 9.97 Å². The molecule has 0 radical (unpaired) electrons. The molecule has 0 atom stereocenters. The van der Waals surface area contributed by atoms with Gasteiger partial charge in [0.2, 0.25) is 5.78 Å². The number of aromatic nitrogens is 2. The zero-order chi connectivity index (χ0) is 20.6. The minimum atomic E-state index is -0.145. The predicted octanol–water partition coefficient (Wildman–Crippen LogP) is 5.41. The number of hydrogen-bond acceptors (Lipinski definition) is 4. The van der Waals surface area contributed by atoms with E-state index in [1.807, 2.05) is 62.4 Å². The number of aromatic amines is 1. The van der Waals surface area contributed by atoms with E-state index in [9.17, 15) is 4.79 Å². The van der Waals surface area contributed by atoms with Gasteiger partial charge in [-0.3, -0.25) is 4.79 Å². The molecule has 1 aromatic heterocycles. The number of nitrogens with one attached hydrogen (secondary N) is 1. The SMILES string of the molecule is CC.COc1ccc(COc2ccc(C(=O)c3nc4ccccc4[nH]3)cc2)cc1. The number of rotatable bonds is 6. The molecule has 0 aliphatic heterocycles. The summed E-state index contributed by atoms with van der Waals surface area (Å²) in [6.45, 7) is 4.45. The molecule has 0 aliphatic carbocycles. The quantitative estimate of drug-likeness (QED) is 0.449. The van der Waals surface area contributed by atoms with Crippen LogP contribution in [-0.4, -0.2) is 22.9 Å². The lowest BCUT2D eigenvalue weighted by Gasteiger charge is -2.07. The highest BCUT2D eigenvalue weighted by atomic mass is 16.5. The van der Waals surface area contributed by atoms with E-state index < -0.39 is 0 Å². The smallest absolute Gasteiger partial charge is 0.228 e. The normalized spacial score (nSPS) is 10.2. The Bertz CT molecular complexity index is 1030. The van der Waals surface area contributed by atoms with E-state index in [-0.39, 0.29) is 5.78 Å². The highest BCUT2D eigenvalue weighted by Crippen LogP contribution is 2.18. The fraction of sp³-hybridized carbons (Fsp3) is 0.167. The number of carbonyl (C=O) groups excluding carboxylic acids is 1. The topological polar surface area (TPSA) is 64.2 Å². The highest BCUT2D eigenvalue weighted by Gasteiger charge is 2.13. The molecule has 1 heterocycles. The largest absolute Gasteiger partial charge is 0.497 e. The summed E-state index contributed by atoms with van der Waals surface area (Å²) >= 11 is 0. The number of imidazole rings is 1. The van der Waals surface area contributed by atoms with Crippen molar-refractivity contribution in [3.8, 4) is 11.5 Å². The van der Waals surface area contributed by atoms with Crippen LogP contribution in [0, 0.1) is 0 Å². The van der Waals surface area contributed by atoms with E-state index >= 15 is 0 Å². The third-order valence-electron chi connectivity index (χ3n) is 4.29. The second-order valence-corrected chi connectivity index (χ2v) is 6.09. The van der Waals surface area contributed by atoms with Crippen LogP contribution in [0.25, 0.3) is 11.0 Å². The summed E-state index contributed by atoms with van der Waals surface area (Å²) in [5.74, 6) is 1.70. The van der Waals surface area contributed by atoms with Gasteiger partial charge in [-0.2, -0.15) is 0 Å². The summed E-state index contributed by atoms with van der Waals surface area (Å²) in [7, 11) is 1.64. The Morgan fingerprint density at radius 2 is 1.55 bits per heavy atom. The Balaban J connectivity index is 0.00000117. The van der Waals surface area contributed by atoms with Crippen LogP contribution in [-0.2, 0) is 6.61 Å². The molecule has 5 heteroatoms. The van der Waals surface area contributed by atoms with Crippen molar-refractivity contribution in [1.29, 1.82) is 0 Å². The number of carbonyl (C=O) groups is 1. The number of ketones is 1. The average molecular weight is 388 g/mol. The van der Waals surface area contributed by atoms with Gasteiger partial charge < -0.3 is 14.5 Å². The standard InChI is InChI=1S/C22H18N2O3.C2H6/c1-26-17-10-6-15(7-11-17)14-27-18-12-8-16(9-13-18)21(25)22-23-19-4-2-3-5-20(19)24-22;1-2/h2-13H,14H2,1H3,(H,23,24);1-2H3. The molecule has 0 aliphatic rings. The predicted molar refractivity (Wildman–Crippen MR) is 115 cm³/mol. The van der Waals surface area contributed by atoms with Gasteiger partial charge >= 0.3 is 0 Å². The zero-order valence-electron chi connectivity index (χ0n) is 16.8. The van der Waals surface area contributed by atoms with Gasteiger partial charge in [0.15, 0.2) is 5.82 Å². The Hall–Kier alpha value is -3.60. The van der Waals surface area contributed by atoms with E-state index in [4.69, 9.17) is 9.47 Å². The highest BCUT2D eigenvalue weighted by molar-refractivity contribution is 6.08. The van der Waals surface area contributed by atoms with E-state index in [1.165, 1.54) is 0 Å². The van der Waals surface area contributed by atoms with Gasteiger partial charge in [0.25, 0.3) is 0 Å². The first kappa shape index (κ1) is 20.1. The fourth-order valence-corrected chi connectivity index (χ4v) is 2.79. The van der Waals surface area contributed by atoms with Crippen molar-refractivity contribution < 1.29 is 14.3 Å². The van der Waals surface area contributed by atoms with Crippen molar-refractivity contribution in [3.05, 3.63) is 89.7 Å². The molecule has 0 saturated carbocycles. The van der Waals surface area contributed by atoms with Gasteiger partial charge in [0.05, 0.1) is 18.1 Å². The lowest BCUT2D eigenvalue weighted by Crippen LogP contribution is -2.03. The summed E-state index contributed by atoms with van der Waals surface area (Å²) in [6, 6.07) is 22.4. The molecule has 1 N–H and O–H groups in total. The van der Waals surface area contributed by atoms with Gasteiger partial charge in [0.1, 0.15) is 18.1 Å². The molecule has 0 spiro atoms. The molecule has 4 rings (SSSR count). The summed E-state index contributed by atoms with van der Waals surface area (Å²) in [5.41, 5.74) is 3.23. The second-order valence-electron chi connectivity index (χ2n) is 6.09. The molecule has 3 aromatic carbocycles. The number of H-pyrrole nitrogens is 1. The monoisotopic (exact) mass is 388 g/mol. The second kappa shape index (κ2) is 9.55. The van der Waals surface area contributed by atoms with E-state index in [0.29, 0.717) is 23.7 Å². The summed E-state index contributed by atoms with van der Waals surface area (Å²) in [5, 5.41) is 0. The van der Waals surface area contributed by atoms with Crippen molar-refractivity contribution in [3.63, 3.8) is 0 Å². The first-order valence-electron chi connectivity index (χ1n) is 9.58. The molecule has 0 saturated heterocycles. The first-order valence-corrected chi connectivity index (χ1v) is 9.58. The van der Waals surface area contributed by atoms with Crippen LogP contribution in [0.5, 0.6) is 11.5 Å². The maximum atomic E-state index is 12.6. The summed E-state index contributed by atoms with van der Waals surface area (Å²) < 4.78 is 10.9. The van der Waals surface area contributed by atoms with Crippen molar-refractivity contribution >= 4 is 16.8 Å². The van der Waals surface area contributed by atoms with Gasteiger partial charge in [-0.15, -0.1) is 0 Å². The lowest BCUT2D eigenvalue weighted by molar-refractivity contribution is 0.103. The molecule has 0 bridgehead atoms. The summed E-state index contributed by atoms with van der Waals surface area (Å²) in [4.78, 5) is 20.0. The van der Waals surface area contributed by atoms with Crippen molar-refractivity contribution in [2.24, 2.45) is 0 Å². The summed E-state index contributed by atoms with van der Waals surface area (Å²) in [6.07, 6.45) is 0. The molecule has 4 aromatic rings. The number of benzene rings is 3. The fourth-order valence-electron chi connectivity index (χ4n) is 2.79. The number of para-hydroxylation sites is 2. The Labute approximate surface area is 170 Å². The third-order valence-corrected chi connectivity index (χ3v) is 4.29. The number of hydrogen-bond donors (Lipinski definition) is 1. The van der Waals surface area contributed by atoms with Crippen LogP contribution >= 0.6 is 0 Å². The lowest BCUT2D eigenvalue weighted by atomic mass is 10.1. The van der Waals surface area contributed by atoms with Gasteiger partial charge in [-0.05, 0) is 54.1 Å².